The number of azo groups is 1. The van der Waals surface area contributed by atoms with Crippen LogP contribution in [-0.4, -0.2) is 14.6 Å². The van der Waals surface area contributed by atoms with Crippen molar-refractivity contribution in [2.75, 3.05) is 11.5 Å². The molecule has 0 atom stereocenters. The van der Waals surface area contributed by atoms with Crippen LogP contribution in [0.3, 0.4) is 0 Å². The molecule has 5 N–H and O–H groups in total. The third-order valence-corrected chi connectivity index (χ3v) is 2.67. The van der Waals surface area contributed by atoms with Crippen LogP contribution in [0.15, 0.2) is 51.4 Å². The van der Waals surface area contributed by atoms with Crippen molar-refractivity contribution in [2.45, 2.75) is 0 Å². The molecule has 0 amide bonds. The van der Waals surface area contributed by atoms with Gasteiger partial charge in [0.1, 0.15) is 5.82 Å². The van der Waals surface area contributed by atoms with Crippen LogP contribution >= 0.6 is 0 Å². The van der Waals surface area contributed by atoms with Crippen molar-refractivity contribution in [3.63, 3.8) is 0 Å². The lowest BCUT2D eigenvalue weighted by atomic mass is 10.3. The molecular formula is C12H11N7O. The average Bonchev–Trinajstić information content (AvgIpc) is 2.74. The van der Waals surface area contributed by atoms with Gasteiger partial charge in [0.05, 0.1) is 5.69 Å². The molecule has 3 aromatic rings. The highest BCUT2D eigenvalue weighted by Crippen LogP contribution is 2.28. The fourth-order valence-corrected chi connectivity index (χ4v) is 1.77. The first-order valence-corrected chi connectivity index (χ1v) is 5.79. The van der Waals surface area contributed by atoms with Gasteiger partial charge in [0, 0.05) is 6.07 Å². The van der Waals surface area contributed by atoms with E-state index in [9.17, 15) is 4.79 Å². The standard InChI is InChI=1S/C12H11N7O/c13-8-6-9(20)15-12-10(11(14)18-19(8)12)17-16-7-4-2-1-3-5-7/h1-6H,13H2,(H2,14,18)(H,15,20). The highest BCUT2D eigenvalue weighted by Gasteiger charge is 2.12. The number of nitrogens with one attached hydrogen (secondary N) is 1. The summed E-state index contributed by atoms with van der Waals surface area (Å²) in [5.74, 6) is 0.315. The number of nitrogens with zero attached hydrogens (tertiary/aromatic N) is 4. The summed E-state index contributed by atoms with van der Waals surface area (Å²) < 4.78 is 1.32. The second-order valence-corrected chi connectivity index (χ2v) is 4.09. The maximum Gasteiger partial charge on any atom is 0.253 e. The van der Waals surface area contributed by atoms with Gasteiger partial charge in [-0.15, -0.1) is 10.2 Å². The van der Waals surface area contributed by atoms with Crippen molar-refractivity contribution in [1.82, 2.24) is 14.6 Å². The minimum absolute atomic E-state index is 0.137. The molecule has 0 saturated heterocycles. The van der Waals surface area contributed by atoms with E-state index in [4.69, 9.17) is 11.5 Å². The van der Waals surface area contributed by atoms with Crippen molar-refractivity contribution >= 4 is 28.7 Å². The number of hydrogen-bond acceptors (Lipinski definition) is 6. The first-order chi connectivity index (χ1) is 9.65. The zero-order valence-electron chi connectivity index (χ0n) is 10.3. The number of nitrogens with two attached hydrogens (primary N) is 2. The SMILES string of the molecule is Nc1nn2c(N)cc(=O)[nH]c2c1N=Nc1ccccc1. The van der Waals surface area contributed by atoms with E-state index in [2.05, 4.69) is 20.3 Å². The van der Waals surface area contributed by atoms with Crippen LogP contribution in [0.2, 0.25) is 0 Å². The van der Waals surface area contributed by atoms with Crippen LogP contribution in [0.25, 0.3) is 5.65 Å². The Morgan fingerprint density at radius 3 is 2.65 bits per heavy atom. The minimum atomic E-state index is -0.355. The van der Waals surface area contributed by atoms with Crippen LogP contribution in [0.4, 0.5) is 23.0 Å². The van der Waals surface area contributed by atoms with Gasteiger partial charge in [0.2, 0.25) is 0 Å². The molecule has 8 nitrogen and oxygen atoms in total. The molecule has 0 radical (unpaired) electrons. The van der Waals surface area contributed by atoms with E-state index in [1.165, 1.54) is 10.6 Å². The summed E-state index contributed by atoms with van der Waals surface area (Å²) in [6.07, 6.45) is 0. The lowest BCUT2D eigenvalue weighted by molar-refractivity contribution is 0.949. The molecule has 0 aliphatic carbocycles. The van der Waals surface area contributed by atoms with E-state index in [0.717, 1.165) is 0 Å². The summed E-state index contributed by atoms with van der Waals surface area (Å²) in [6.45, 7) is 0. The topological polar surface area (TPSA) is 127 Å². The molecule has 0 saturated carbocycles. The molecule has 100 valence electrons. The Hall–Kier alpha value is -3.16. The van der Waals surface area contributed by atoms with Gasteiger partial charge < -0.3 is 16.5 Å². The number of anilines is 2. The number of rotatable bonds is 2. The lowest BCUT2D eigenvalue weighted by Gasteiger charge is -1.96. The van der Waals surface area contributed by atoms with Crippen molar-refractivity contribution in [2.24, 2.45) is 10.2 Å². The molecule has 2 aromatic heterocycles. The molecule has 0 spiro atoms. The Morgan fingerprint density at radius 1 is 1.15 bits per heavy atom. The van der Waals surface area contributed by atoms with Gasteiger partial charge in [-0.1, -0.05) is 18.2 Å². The van der Waals surface area contributed by atoms with Crippen LogP contribution in [-0.2, 0) is 0 Å². The van der Waals surface area contributed by atoms with Gasteiger partial charge in [-0.25, -0.2) is 0 Å². The second kappa shape index (κ2) is 4.50. The van der Waals surface area contributed by atoms with Crippen LogP contribution in [0.1, 0.15) is 0 Å². The van der Waals surface area contributed by atoms with Crippen molar-refractivity contribution in [3.05, 3.63) is 46.8 Å². The number of H-pyrrole nitrogens is 1. The molecular weight excluding hydrogens is 258 g/mol. The monoisotopic (exact) mass is 269 g/mol. The minimum Gasteiger partial charge on any atom is -0.383 e. The number of aromatic amines is 1. The molecule has 0 fully saturated rings. The van der Waals surface area contributed by atoms with E-state index in [1.807, 2.05) is 18.2 Å². The zero-order valence-corrected chi connectivity index (χ0v) is 10.3. The quantitative estimate of drug-likeness (QED) is 0.610. The first-order valence-electron chi connectivity index (χ1n) is 5.79. The fourth-order valence-electron chi connectivity index (χ4n) is 1.77. The molecule has 1 aromatic carbocycles. The van der Waals surface area contributed by atoms with Crippen molar-refractivity contribution < 1.29 is 0 Å². The summed E-state index contributed by atoms with van der Waals surface area (Å²) in [6, 6.07) is 10.4. The lowest BCUT2D eigenvalue weighted by Crippen LogP contribution is -2.10. The first kappa shape index (κ1) is 11.9. The van der Waals surface area contributed by atoms with E-state index in [0.29, 0.717) is 11.3 Å². The van der Waals surface area contributed by atoms with Gasteiger partial charge in [-0.05, 0) is 12.1 Å². The van der Waals surface area contributed by atoms with Gasteiger partial charge >= 0.3 is 0 Å². The number of aromatic nitrogens is 3. The van der Waals surface area contributed by atoms with Gasteiger partial charge in [-0.2, -0.15) is 9.63 Å². The summed E-state index contributed by atoms with van der Waals surface area (Å²) in [5.41, 5.74) is 12.4. The van der Waals surface area contributed by atoms with Gasteiger partial charge in [0.25, 0.3) is 5.56 Å². The number of benzene rings is 1. The number of hydrogen-bond donors (Lipinski definition) is 3. The predicted octanol–water partition coefficient (Wildman–Crippen LogP) is 1.60. The molecule has 0 unspecified atom stereocenters. The molecule has 2 heterocycles. The summed E-state index contributed by atoms with van der Waals surface area (Å²) in [4.78, 5) is 14.0. The Balaban J connectivity index is 2.14. The largest absolute Gasteiger partial charge is 0.383 e. The maximum absolute atomic E-state index is 11.5. The molecule has 3 rings (SSSR count). The van der Waals surface area contributed by atoms with Crippen molar-refractivity contribution in [3.8, 4) is 0 Å². The normalized spacial score (nSPS) is 11.4. The Kier molecular flexibility index (Phi) is 2.68. The Bertz CT molecular complexity index is 847. The molecule has 0 aliphatic rings. The summed E-state index contributed by atoms with van der Waals surface area (Å²) >= 11 is 0. The maximum atomic E-state index is 11.5. The van der Waals surface area contributed by atoms with Crippen molar-refractivity contribution in [1.29, 1.82) is 0 Å². The second-order valence-electron chi connectivity index (χ2n) is 4.09. The average molecular weight is 269 g/mol. The number of fused-ring (bicyclic) bond motifs is 1. The van der Waals surface area contributed by atoms with Crippen LogP contribution in [0.5, 0.6) is 0 Å². The molecule has 20 heavy (non-hydrogen) atoms. The zero-order chi connectivity index (χ0) is 14.1. The highest BCUT2D eigenvalue weighted by molar-refractivity contribution is 5.76. The third-order valence-electron chi connectivity index (χ3n) is 2.67. The molecule has 0 aliphatic heterocycles. The fraction of sp³-hybridized carbons (Fsp3) is 0. The molecule has 8 heteroatoms. The Morgan fingerprint density at radius 2 is 1.90 bits per heavy atom. The van der Waals surface area contributed by atoms with Crippen LogP contribution in [0, 0.1) is 0 Å². The number of nitrogen functional groups attached to an aromatic ring is 2. The summed E-state index contributed by atoms with van der Waals surface area (Å²) in [7, 11) is 0. The predicted molar refractivity (Wildman–Crippen MR) is 75.3 cm³/mol. The smallest absolute Gasteiger partial charge is 0.253 e. The molecule has 0 bridgehead atoms. The third kappa shape index (κ3) is 1.99. The van der Waals surface area contributed by atoms with E-state index in [1.54, 1.807) is 12.1 Å². The highest BCUT2D eigenvalue weighted by atomic mass is 16.1. The van der Waals surface area contributed by atoms with E-state index in [-0.39, 0.29) is 22.9 Å². The van der Waals surface area contributed by atoms with Crippen LogP contribution < -0.4 is 17.0 Å². The Labute approximate surface area is 112 Å². The van der Waals surface area contributed by atoms with E-state index < -0.39 is 0 Å². The summed E-state index contributed by atoms with van der Waals surface area (Å²) in [5, 5.41) is 12.1. The van der Waals surface area contributed by atoms with Gasteiger partial charge in [0.15, 0.2) is 17.2 Å². The van der Waals surface area contributed by atoms with E-state index >= 15 is 0 Å². The van der Waals surface area contributed by atoms with Gasteiger partial charge in [-0.3, -0.25) is 4.79 Å².